The third-order valence-corrected chi connectivity index (χ3v) is 6.03. The van der Waals surface area contributed by atoms with Crippen molar-refractivity contribution in [2.24, 2.45) is 0 Å². The molecule has 2 aromatic carbocycles. The van der Waals surface area contributed by atoms with Gasteiger partial charge in [0.05, 0.1) is 6.20 Å². The highest BCUT2D eigenvalue weighted by atomic mass is 19.1. The molecule has 1 aromatic heterocycles. The van der Waals surface area contributed by atoms with E-state index in [4.69, 9.17) is 19.8 Å². The minimum atomic E-state index is -1.00. The van der Waals surface area contributed by atoms with Gasteiger partial charge in [-0.25, -0.2) is 14.2 Å². The summed E-state index contributed by atoms with van der Waals surface area (Å²) in [5, 5.41) is 20.0. The Labute approximate surface area is 196 Å². The van der Waals surface area contributed by atoms with E-state index in [0.717, 1.165) is 22.9 Å². The average Bonchev–Trinajstić information content (AvgIpc) is 2.78. The van der Waals surface area contributed by atoms with Crippen molar-refractivity contribution in [2.45, 2.75) is 44.2 Å². The van der Waals surface area contributed by atoms with E-state index in [1.165, 1.54) is 6.20 Å². The van der Waals surface area contributed by atoms with Gasteiger partial charge in [-0.1, -0.05) is 38.1 Å². The summed E-state index contributed by atoms with van der Waals surface area (Å²) in [6.45, 7) is 4.24. The number of carboxylic acid groups (broad SMARTS) is 1. The molecule has 174 valence electrons. The predicted molar refractivity (Wildman–Crippen MR) is 123 cm³/mol. The van der Waals surface area contributed by atoms with Gasteiger partial charge in [0.1, 0.15) is 29.4 Å². The molecule has 1 fully saturated rings. The molecule has 0 saturated heterocycles. The minimum absolute atomic E-state index is 0.0167. The highest BCUT2D eigenvalue weighted by molar-refractivity contribution is 5.65. The van der Waals surface area contributed by atoms with Crippen molar-refractivity contribution in [1.82, 2.24) is 10.3 Å². The summed E-state index contributed by atoms with van der Waals surface area (Å²) in [6, 6.07) is 18.2. The number of hydrogen-bond donors (Lipinski definition) is 2. The van der Waals surface area contributed by atoms with E-state index < -0.39 is 11.9 Å². The Morgan fingerprint density at radius 2 is 1.68 bits per heavy atom. The molecule has 34 heavy (non-hydrogen) atoms. The van der Waals surface area contributed by atoms with E-state index in [1.54, 1.807) is 6.07 Å². The number of carbonyl (C=O) groups is 1. The van der Waals surface area contributed by atoms with Crippen molar-refractivity contribution in [2.75, 3.05) is 0 Å². The van der Waals surface area contributed by atoms with E-state index in [2.05, 4.69) is 24.1 Å². The van der Waals surface area contributed by atoms with Crippen LogP contribution < -0.4 is 14.8 Å². The molecule has 1 aliphatic carbocycles. The van der Waals surface area contributed by atoms with E-state index >= 15 is 0 Å². The maximum absolute atomic E-state index is 13.7. The summed E-state index contributed by atoms with van der Waals surface area (Å²) >= 11 is 0. The molecule has 0 aliphatic heterocycles. The van der Waals surface area contributed by atoms with Crippen LogP contribution in [0.25, 0.3) is 0 Å². The molecule has 1 amide bonds. The van der Waals surface area contributed by atoms with Crippen molar-refractivity contribution in [3.63, 3.8) is 0 Å². The number of pyridine rings is 1. The molecule has 7 nitrogen and oxygen atoms in total. The van der Waals surface area contributed by atoms with Crippen molar-refractivity contribution in [1.29, 1.82) is 5.26 Å². The standard InChI is InChI=1S/C26H24FN3O4/c1-26(2,16-3-7-19(8-4-16)33-21-11-18(12-21)30-25(31)32)17-5-9-20(10-6-17)34-22-13-23(27)24(14-28)29-15-22/h3-10,13,15,18,21,30H,11-12H2,1-2H3,(H,31,32)/t18-,21-. The first kappa shape index (κ1) is 23.1. The van der Waals surface area contributed by atoms with Gasteiger partial charge in [-0.05, 0) is 35.4 Å². The lowest BCUT2D eigenvalue weighted by atomic mass is 9.78. The maximum Gasteiger partial charge on any atom is 0.404 e. The first-order chi connectivity index (χ1) is 16.2. The highest BCUT2D eigenvalue weighted by Gasteiger charge is 2.32. The van der Waals surface area contributed by atoms with Gasteiger partial charge in [-0.2, -0.15) is 5.26 Å². The van der Waals surface area contributed by atoms with Crippen molar-refractivity contribution in [3.05, 3.63) is 83.4 Å². The van der Waals surface area contributed by atoms with Gasteiger partial charge in [0.15, 0.2) is 11.5 Å². The number of nitriles is 1. The van der Waals surface area contributed by atoms with Crippen LogP contribution in [0.15, 0.2) is 60.8 Å². The lowest BCUT2D eigenvalue weighted by molar-refractivity contribution is 0.0833. The summed E-state index contributed by atoms with van der Waals surface area (Å²) in [5.41, 5.74) is 1.62. The second kappa shape index (κ2) is 9.40. The summed E-state index contributed by atoms with van der Waals surface area (Å²) in [4.78, 5) is 14.4. The number of halogens is 1. The quantitative estimate of drug-likeness (QED) is 0.489. The molecule has 0 spiro atoms. The number of amides is 1. The smallest absolute Gasteiger partial charge is 0.404 e. The van der Waals surface area contributed by atoms with Crippen molar-refractivity contribution in [3.8, 4) is 23.3 Å². The van der Waals surface area contributed by atoms with Crippen LogP contribution in [0.5, 0.6) is 17.2 Å². The van der Waals surface area contributed by atoms with Crippen LogP contribution in [0.4, 0.5) is 9.18 Å². The Morgan fingerprint density at radius 3 is 2.21 bits per heavy atom. The van der Waals surface area contributed by atoms with Crippen LogP contribution in [-0.4, -0.2) is 28.3 Å². The number of ether oxygens (including phenoxy) is 2. The third-order valence-electron chi connectivity index (χ3n) is 6.03. The lowest BCUT2D eigenvalue weighted by Crippen LogP contribution is -2.48. The molecule has 3 aromatic rings. The van der Waals surface area contributed by atoms with Gasteiger partial charge in [-0.3, -0.25) is 0 Å². The van der Waals surface area contributed by atoms with Crippen molar-refractivity contribution >= 4 is 6.09 Å². The highest BCUT2D eigenvalue weighted by Crippen LogP contribution is 2.35. The number of nitrogens with zero attached hydrogens (tertiary/aromatic N) is 2. The summed E-state index contributed by atoms with van der Waals surface area (Å²) < 4.78 is 25.3. The number of nitrogens with one attached hydrogen (secondary N) is 1. The van der Waals surface area contributed by atoms with Gasteiger partial charge in [0.25, 0.3) is 0 Å². The molecule has 0 atom stereocenters. The summed E-state index contributed by atoms with van der Waals surface area (Å²) in [7, 11) is 0. The molecular weight excluding hydrogens is 437 g/mol. The topological polar surface area (TPSA) is 104 Å². The number of rotatable bonds is 7. The fraction of sp³-hybridized carbons (Fsp3) is 0.269. The van der Waals surface area contributed by atoms with Crippen LogP contribution in [-0.2, 0) is 5.41 Å². The zero-order valence-corrected chi connectivity index (χ0v) is 18.8. The average molecular weight is 461 g/mol. The minimum Gasteiger partial charge on any atom is -0.490 e. The molecule has 2 N–H and O–H groups in total. The normalized spacial score (nSPS) is 17.2. The molecule has 0 radical (unpaired) electrons. The largest absolute Gasteiger partial charge is 0.490 e. The lowest BCUT2D eigenvalue weighted by Gasteiger charge is -2.35. The van der Waals surface area contributed by atoms with Crippen LogP contribution in [0.2, 0.25) is 0 Å². The third kappa shape index (κ3) is 5.09. The van der Waals surface area contributed by atoms with Gasteiger partial charge < -0.3 is 19.9 Å². The Hall–Kier alpha value is -4.12. The second-order valence-electron chi connectivity index (χ2n) is 8.75. The molecule has 1 saturated carbocycles. The number of aromatic nitrogens is 1. The number of benzene rings is 2. The Bertz CT molecular complexity index is 1210. The second-order valence-corrected chi connectivity index (χ2v) is 8.75. The SMILES string of the molecule is CC(C)(c1ccc(Oc2cnc(C#N)c(F)c2)cc1)c1ccc(O[C@H]2C[C@H](NC(=O)O)C2)cc1. The molecule has 1 aliphatic rings. The molecular formula is C26H24FN3O4. The van der Waals surface area contributed by atoms with E-state index in [-0.39, 0.29) is 29.0 Å². The zero-order valence-electron chi connectivity index (χ0n) is 18.8. The Balaban J connectivity index is 1.38. The molecule has 0 bridgehead atoms. The molecule has 1 heterocycles. The van der Waals surface area contributed by atoms with Gasteiger partial charge in [0.2, 0.25) is 0 Å². The Kier molecular flexibility index (Phi) is 6.37. The van der Waals surface area contributed by atoms with Crippen LogP contribution in [0.3, 0.4) is 0 Å². The molecule has 4 rings (SSSR count). The van der Waals surface area contributed by atoms with Gasteiger partial charge >= 0.3 is 6.09 Å². The molecule has 8 heteroatoms. The first-order valence-electron chi connectivity index (χ1n) is 10.9. The van der Waals surface area contributed by atoms with E-state index in [9.17, 15) is 9.18 Å². The zero-order chi connectivity index (χ0) is 24.3. The molecule has 0 unspecified atom stereocenters. The fourth-order valence-electron chi connectivity index (χ4n) is 3.90. The summed E-state index contributed by atoms with van der Waals surface area (Å²) in [6.07, 6.45) is 1.66. The fourth-order valence-corrected chi connectivity index (χ4v) is 3.90. The van der Waals surface area contributed by atoms with E-state index in [0.29, 0.717) is 18.6 Å². The predicted octanol–water partition coefficient (Wildman–Crippen LogP) is 5.39. The van der Waals surface area contributed by atoms with Crippen LogP contribution >= 0.6 is 0 Å². The van der Waals surface area contributed by atoms with Crippen LogP contribution in [0.1, 0.15) is 43.5 Å². The monoisotopic (exact) mass is 461 g/mol. The van der Waals surface area contributed by atoms with E-state index in [1.807, 2.05) is 48.5 Å². The van der Waals surface area contributed by atoms with Crippen LogP contribution in [0, 0.1) is 17.1 Å². The van der Waals surface area contributed by atoms with Gasteiger partial charge in [0, 0.05) is 30.4 Å². The maximum atomic E-state index is 13.7. The Morgan fingerprint density at radius 1 is 1.09 bits per heavy atom. The van der Waals surface area contributed by atoms with Gasteiger partial charge in [-0.15, -0.1) is 0 Å². The summed E-state index contributed by atoms with van der Waals surface area (Å²) in [5.74, 6) is 0.783. The van der Waals surface area contributed by atoms with Crippen molar-refractivity contribution < 1.29 is 23.8 Å². The first-order valence-corrected chi connectivity index (χ1v) is 10.9. The number of hydrogen-bond acceptors (Lipinski definition) is 5.